The van der Waals surface area contributed by atoms with Gasteiger partial charge in [0.15, 0.2) is 0 Å². The van der Waals surface area contributed by atoms with Crippen molar-refractivity contribution in [2.75, 3.05) is 13.1 Å². The molecule has 0 aliphatic heterocycles. The highest BCUT2D eigenvalue weighted by atomic mass is 32.2. The maximum Gasteiger partial charge on any atom is 0.260 e. The lowest BCUT2D eigenvalue weighted by molar-refractivity contribution is 0.444. The van der Waals surface area contributed by atoms with Crippen molar-refractivity contribution in [2.45, 2.75) is 32.2 Å². The monoisotopic (exact) mass is 490 g/mol. The van der Waals surface area contributed by atoms with Gasteiger partial charge in [0.25, 0.3) is 11.1 Å². The molecular formula is C21H22N4O4S3. The van der Waals surface area contributed by atoms with Crippen molar-refractivity contribution >= 4 is 42.9 Å². The molecule has 0 saturated heterocycles. The summed E-state index contributed by atoms with van der Waals surface area (Å²) >= 11 is 2.97. The SMILES string of the molecule is CCN(CC)S(=O)(=O)c1ccc(=O)n(Cc2nc3scc(-c4ccc(C)s4)c3c(=O)[nH]2)c1. The van der Waals surface area contributed by atoms with Crippen LogP contribution in [0.2, 0.25) is 0 Å². The number of sulfonamides is 1. The normalized spacial score (nSPS) is 12.1. The number of nitrogens with zero attached hydrogens (tertiary/aromatic N) is 3. The molecule has 0 radical (unpaired) electrons. The quantitative estimate of drug-likeness (QED) is 0.428. The molecule has 32 heavy (non-hydrogen) atoms. The number of H-pyrrole nitrogens is 1. The third-order valence-electron chi connectivity index (χ3n) is 5.12. The van der Waals surface area contributed by atoms with E-state index in [-0.39, 0.29) is 28.4 Å². The Morgan fingerprint density at radius 3 is 2.53 bits per heavy atom. The minimum absolute atomic E-state index is 0.0238. The van der Waals surface area contributed by atoms with Gasteiger partial charge in [0, 0.05) is 46.1 Å². The fraction of sp³-hybridized carbons (Fsp3) is 0.286. The number of aryl methyl sites for hydroxylation is 1. The van der Waals surface area contributed by atoms with Gasteiger partial charge in [0.1, 0.15) is 10.7 Å². The van der Waals surface area contributed by atoms with Crippen LogP contribution in [0.1, 0.15) is 24.5 Å². The molecule has 0 aliphatic rings. The van der Waals surface area contributed by atoms with E-state index in [2.05, 4.69) is 9.97 Å². The number of aromatic amines is 1. The van der Waals surface area contributed by atoms with E-state index < -0.39 is 10.0 Å². The van der Waals surface area contributed by atoms with E-state index in [1.807, 2.05) is 24.4 Å². The van der Waals surface area contributed by atoms with Crippen LogP contribution in [-0.4, -0.2) is 40.3 Å². The number of hydrogen-bond acceptors (Lipinski definition) is 7. The molecule has 0 aliphatic carbocycles. The molecule has 11 heteroatoms. The molecule has 4 heterocycles. The van der Waals surface area contributed by atoms with Crippen molar-refractivity contribution in [3.8, 4) is 10.4 Å². The summed E-state index contributed by atoms with van der Waals surface area (Å²) in [5.41, 5.74) is 0.173. The number of fused-ring (bicyclic) bond motifs is 1. The molecule has 1 N–H and O–H groups in total. The molecule has 0 amide bonds. The molecule has 4 aromatic rings. The van der Waals surface area contributed by atoms with Gasteiger partial charge in [0.05, 0.1) is 16.8 Å². The first-order valence-corrected chi connectivity index (χ1v) is 13.2. The average molecular weight is 491 g/mol. The van der Waals surface area contributed by atoms with Crippen LogP contribution in [0.5, 0.6) is 0 Å². The lowest BCUT2D eigenvalue weighted by Crippen LogP contribution is -2.32. The highest BCUT2D eigenvalue weighted by molar-refractivity contribution is 7.89. The molecular weight excluding hydrogens is 468 g/mol. The van der Waals surface area contributed by atoms with Crippen molar-refractivity contribution in [1.29, 1.82) is 0 Å². The van der Waals surface area contributed by atoms with Gasteiger partial charge in [-0.2, -0.15) is 4.31 Å². The van der Waals surface area contributed by atoms with Crippen LogP contribution in [-0.2, 0) is 16.6 Å². The fourth-order valence-electron chi connectivity index (χ4n) is 3.49. The van der Waals surface area contributed by atoms with E-state index in [0.717, 1.165) is 15.3 Å². The summed E-state index contributed by atoms with van der Waals surface area (Å²) in [5, 5.41) is 2.43. The average Bonchev–Trinajstić information content (AvgIpc) is 3.36. The van der Waals surface area contributed by atoms with Crippen LogP contribution >= 0.6 is 22.7 Å². The first-order valence-electron chi connectivity index (χ1n) is 10.0. The van der Waals surface area contributed by atoms with Crippen LogP contribution in [0.25, 0.3) is 20.7 Å². The lowest BCUT2D eigenvalue weighted by Gasteiger charge is -2.19. The predicted molar refractivity (Wildman–Crippen MR) is 128 cm³/mol. The predicted octanol–water partition coefficient (Wildman–Crippen LogP) is 3.26. The smallest absolute Gasteiger partial charge is 0.260 e. The fourth-order valence-corrected chi connectivity index (χ4v) is 6.89. The van der Waals surface area contributed by atoms with Crippen LogP contribution in [0.4, 0.5) is 0 Å². The maximum absolute atomic E-state index is 12.9. The zero-order valence-electron chi connectivity index (χ0n) is 17.8. The van der Waals surface area contributed by atoms with Gasteiger partial charge in [-0.15, -0.1) is 22.7 Å². The minimum atomic E-state index is -3.72. The highest BCUT2D eigenvalue weighted by Crippen LogP contribution is 2.35. The summed E-state index contributed by atoms with van der Waals surface area (Å²) in [6.07, 6.45) is 1.30. The molecule has 8 nitrogen and oxygen atoms in total. The van der Waals surface area contributed by atoms with Crippen molar-refractivity contribution in [1.82, 2.24) is 18.8 Å². The van der Waals surface area contributed by atoms with Gasteiger partial charge >= 0.3 is 0 Å². The van der Waals surface area contributed by atoms with Gasteiger partial charge in [-0.05, 0) is 25.1 Å². The lowest BCUT2D eigenvalue weighted by atomic mass is 10.2. The molecule has 0 bridgehead atoms. The molecule has 4 aromatic heterocycles. The number of aromatic nitrogens is 3. The van der Waals surface area contributed by atoms with E-state index in [0.29, 0.717) is 23.3 Å². The third kappa shape index (κ3) is 4.08. The molecule has 0 spiro atoms. The van der Waals surface area contributed by atoms with E-state index in [1.165, 1.54) is 38.5 Å². The molecule has 0 aromatic carbocycles. The Labute approximate surface area is 192 Å². The second-order valence-corrected chi connectivity index (χ2v) is 11.3. The summed E-state index contributed by atoms with van der Waals surface area (Å²) in [4.78, 5) is 35.3. The van der Waals surface area contributed by atoms with Crippen LogP contribution in [0.3, 0.4) is 0 Å². The molecule has 0 fully saturated rings. The topological polar surface area (TPSA) is 105 Å². The van der Waals surface area contributed by atoms with Gasteiger partial charge in [-0.25, -0.2) is 13.4 Å². The van der Waals surface area contributed by atoms with Gasteiger partial charge in [-0.3, -0.25) is 9.59 Å². The minimum Gasteiger partial charge on any atom is -0.308 e. The standard InChI is InChI=1S/C21H22N4O4S3/c1-4-25(5-2)32(28,29)14-7-9-18(26)24(10-14)11-17-22-20(27)19-15(12-30-21(19)23-17)16-8-6-13(3)31-16/h6-10,12H,4-5,11H2,1-3H3,(H,22,23,27). The summed E-state index contributed by atoms with van der Waals surface area (Å²) in [6.45, 7) is 6.13. The number of hydrogen-bond donors (Lipinski definition) is 1. The van der Waals surface area contributed by atoms with Crippen LogP contribution < -0.4 is 11.1 Å². The van der Waals surface area contributed by atoms with Crippen molar-refractivity contribution in [2.24, 2.45) is 0 Å². The molecule has 0 saturated carbocycles. The summed E-state index contributed by atoms with van der Waals surface area (Å²) in [7, 11) is -3.72. The summed E-state index contributed by atoms with van der Waals surface area (Å²) in [6, 6.07) is 6.51. The van der Waals surface area contributed by atoms with Crippen LogP contribution in [0, 0.1) is 6.92 Å². The Morgan fingerprint density at radius 1 is 1.12 bits per heavy atom. The molecule has 0 unspecified atom stereocenters. The van der Waals surface area contributed by atoms with Crippen molar-refractivity contribution in [3.63, 3.8) is 0 Å². The van der Waals surface area contributed by atoms with E-state index >= 15 is 0 Å². The van der Waals surface area contributed by atoms with E-state index in [4.69, 9.17) is 0 Å². The zero-order chi connectivity index (χ0) is 23.0. The second-order valence-electron chi connectivity index (χ2n) is 7.17. The Hall–Kier alpha value is -2.60. The summed E-state index contributed by atoms with van der Waals surface area (Å²) in [5.74, 6) is 0.290. The first-order chi connectivity index (χ1) is 15.2. The molecule has 168 valence electrons. The number of rotatable bonds is 7. The first kappa shape index (κ1) is 22.6. The maximum atomic E-state index is 12.9. The van der Waals surface area contributed by atoms with E-state index in [1.54, 1.807) is 25.2 Å². The zero-order valence-corrected chi connectivity index (χ0v) is 20.2. The third-order valence-corrected chi connectivity index (χ3v) is 9.06. The largest absolute Gasteiger partial charge is 0.308 e. The molecule has 4 rings (SSSR count). The Bertz CT molecular complexity index is 1510. The van der Waals surface area contributed by atoms with Crippen molar-refractivity contribution < 1.29 is 8.42 Å². The van der Waals surface area contributed by atoms with E-state index in [9.17, 15) is 18.0 Å². The number of nitrogens with one attached hydrogen (secondary N) is 1. The second kappa shape index (κ2) is 8.74. The van der Waals surface area contributed by atoms with Crippen LogP contribution in [0.15, 0.2) is 50.3 Å². The Balaban J connectivity index is 1.73. The summed E-state index contributed by atoms with van der Waals surface area (Å²) < 4.78 is 28.2. The Morgan fingerprint density at radius 2 is 1.88 bits per heavy atom. The van der Waals surface area contributed by atoms with Gasteiger partial charge in [-0.1, -0.05) is 13.8 Å². The van der Waals surface area contributed by atoms with Gasteiger partial charge < -0.3 is 9.55 Å². The molecule has 0 atom stereocenters. The Kier molecular flexibility index (Phi) is 6.17. The highest BCUT2D eigenvalue weighted by Gasteiger charge is 2.22. The van der Waals surface area contributed by atoms with Crippen molar-refractivity contribution in [3.05, 3.63) is 67.3 Å². The number of thiophene rings is 2. The van der Waals surface area contributed by atoms with Gasteiger partial charge in [0.2, 0.25) is 10.0 Å². The number of pyridine rings is 1.